The fourth-order valence-corrected chi connectivity index (χ4v) is 1.45. The predicted octanol–water partition coefficient (Wildman–Crippen LogP) is 2.05. The first kappa shape index (κ1) is 13.3. The topological polar surface area (TPSA) is 80.7 Å². The van der Waals surface area contributed by atoms with E-state index in [-0.39, 0.29) is 5.84 Å². The molecule has 0 unspecified atom stereocenters. The van der Waals surface area contributed by atoms with E-state index in [0.29, 0.717) is 18.1 Å². The lowest BCUT2D eigenvalue weighted by atomic mass is 10.2. The Hall–Kier alpha value is -1.78. The van der Waals surface area contributed by atoms with Crippen molar-refractivity contribution < 1.29 is 9.94 Å². The van der Waals surface area contributed by atoms with Crippen LogP contribution in [0.2, 0.25) is 0 Å². The molecule has 5 heteroatoms. The zero-order chi connectivity index (χ0) is 12.7. The summed E-state index contributed by atoms with van der Waals surface area (Å²) in [7, 11) is 0. The van der Waals surface area contributed by atoms with Crippen molar-refractivity contribution >= 4 is 5.84 Å². The number of oxime groups is 1. The van der Waals surface area contributed by atoms with Gasteiger partial charge in [0.2, 0.25) is 5.88 Å². The Labute approximate surface area is 101 Å². The maximum atomic E-state index is 8.62. The van der Waals surface area contributed by atoms with Gasteiger partial charge < -0.3 is 15.7 Å². The average molecular weight is 237 g/mol. The van der Waals surface area contributed by atoms with E-state index >= 15 is 0 Å². The predicted molar refractivity (Wildman–Crippen MR) is 66.5 cm³/mol. The molecule has 0 aliphatic heterocycles. The SMILES string of the molecule is CCCCCOc1cc(/C(N)=N/O)cc(C)n1. The molecule has 0 amide bonds. The van der Waals surface area contributed by atoms with Crippen molar-refractivity contribution in [2.75, 3.05) is 6.61 Å². The molecule has 1 aromatic rings. The average Bonchev–Trinajstić information content (AvgIpc) is 2.33. The van der Waals surface area contributed by atoms with E-state index in [1.165, 1.54) is 0 Å². The summed E-state index contributed by atoms with van der Waals surface area (Å²) in [6.45, 7) is 4.62. The molecule has 1 aromatic heterocycles. The summed E-state index contributed by atoms with van der Waals surface area (Å²) in [5.74, 6) is 0.580. The van der Waals surface area contributed by atoms with Crippen LogP contribution in [0.15, 0.2) is 17.3 Å². The maximum absolute atomic E-state index is 8.62. The third kappa shape index (κ3) is 4.30. The minimum atomic E-state index is 0.0638. The molecule has 5 nitrogen and oxygen atoms in total. The molecule has 0 aliphatic carbocycles. The molecule has 0 bridgehead atoms. The maximum Gasteiger partial charge on any atom is 0.214 e. The third-order valence-corrected chi connectivity index (χ3v) is 2.33. The fourth-order valence-electron chi connectivity index (χ4n) is 1.45. The first-order valence-electron chi connectivity index (χ1n) is 5.76. The van der Waals surface area contributed by atoms with Crippen LogP contribution < -0.4 is 10.5 Å². The summed E-state index contributed by atoms with van der Waals surface area (Å²) in [4.78, 5) is 4.23. The molecular weight excluding hydrogens is 218 g/mol. The van der Waals surface area contributed by atoms with Gasteiger partial charge in [0.05, 0.1) is 6.61 Å². The normalized spacial score (nSPS) is 11.5. The van der Waals surface area contributed by atoms with E-state index in [2.05, 4.69) is 17.1 Å². The van der Waals surface area contributed by atoms with E-state index in [4.69, 9.17) is 15.7 Å². The lowest BCUT2D eigenvalue weighted by Crippen LogP contribution is -2.14. The number of ether oxygens (including phenoxy) is 1. The largest absolute Gasteiger partial charge is 0.478 e. The molecule has 0 fully saturated rings. The number of nitrogens with zero attached hydrogens (tertiary/aromatic N) is 2. The molecular formula is C12H19N3O2. The number of hydrogen-bond donors (Lipinski definition) is 2. The quantitative estimate of drug-likeness (QED) is 0.261. The van der Waals surface area contributed by atoms with Gasteiger partial charge in [-0.3, -0.25) is 0 Å². The number of amidine groups is 1. The van der Waals surface area contributed by atoms with Crippen LogP contribution in [0.5, 0.6) is 5.88 Å². The molecule has 0 saturated carbocycles. The van der Waals surface area contributed by atoms with Crippen molar-refractivity contribution in [1.29, 1.82) is 0 Å². The molecule has 17 heavy (non-hydrogen) atoms. The lowest BCUT2D eigenvalue weighted by Gasteiger charge is -2.07. The Morgan fingerprint density at radius 1 is 1.47 bits per heavy atom. The zero-order valence-electron chi connectivity index (χ0n) is 10.3. The second-order valence-corrected chi connectivity index (χ2v) is 3.88. The number of rotatable bonds is 6. The number of aryl methyl sites for hydroxylation is 1. The zero-order valence-corrected chi connectivity index (χ0v) is 10.3. The number of aromatic nitrogens is 1. The van der Waals surface area contributed by atoms with Crippen molar-refractivity contribution in [3.05, 3.63) is 23.4 Å². The highest BCUT2D eigenvalue weighted by Crippen LogP contribution is 2.13. The van der Waals surface area contributed by atoms with Crippen LogP contribution in [0, 0.1) is 6.92 Å². The van der Waals surface area contributed by atoms with Crippen LogP contribution in [-0.2, 0) is 0 Å². The summed E-state index contributed by atoms with van der Waals surface area (Å²) in [6, 6.07) is 3.42. The first-order chi connectivity index (χ1) is 8.17. The van der Waals surface area contributed by atoms with E-state index in [1.807, 2.05) is 6.92 Å². The molecule has 3 N–H and O–H groups in total. The molecule has 0 aromatic carbocycles. The summed E-state index contributed by atoms with van der Waals surface area (Å²) in [5, 5.41) is 11.6. The summed E-state index contributed by atoms with van der Waals surface area (Å²) >= 11 is 0. The number of unbranched alkanes of at least 4 members (excludes halogenated alkanes) is 2. The van der Waals surface area contributed by atoms with Crippen LogP contribution in [0.25, 0.3) is 0 Å². The molecule has 1 rings (SSSR count). The van der Waals surface area contributed by atoms with E-state index in [9.17, 15) is 0 Å². The molecule has 0 spiro atoms. The first-order valence-corrected chi connectivity index (χ1v) is 5.76. The van der Waals surface area contributed by atoms with Crippen molar-refractivity contribution in [2.45, 2.75) is 33.1 Å². The van der Waals surface area contributed by atoms with Crippen molar-refractivity contribution in [2.24, 2.45) is 10.9 Å². The van der Waals surface area contributed by atoms with Gasteiger partial charge in [0.25, 0.3) is 0 Å². The molecule has 94 valence electrons. The monoisotopic (exact) mass is 237 g/mol. The molecule has 1 heterocycles. The van der Waals surface area contributed by atoms with Gasteiger partial charge in [-0.1, -0.05) is 24.9 Å². The van der Waals surface area contributed by atoms with Crippen LogP contribution in [0.1, 0.15) is 37.4 Å². The van der Waals surface area contributed by atoms with Gasteiger partial charge in [0.15, 0.2) is 5.84 Å². The van der Waals surface area contributed by atoms with Crippen molar-refractivity contribution in [3.63, 3.8) is 0 Å². The molecule has 0 aliphatic rings. The Morgan fingerprint density at radius 3 is 2.88 bits per heavy atom. The summed E-state index contributed by atoms with van der Waals surface area (Å²) in [6.07, 6.45) is 3.30. The Bertz CT molecular complexity index is 391. The standard InChI is InChI=1S/C12H19N3O2/c1-3-4-5-6-17-11-8-10(12(13)15-16)7-9(2)14-11/h7-8,16H,3-6H2,1-2H3,(H2,13,15). The summed E-state index contributed by atoms with van der Waals surface area (Å²) < 4.78 is 5.52. The van der Waals surface area contributed by atoms with Gasteiger partial charge in [-0.25, -0.2) is 4.98 Å². The van der Waals surface area contributed by atoms with Gasteiger partial charge in [-0.2, -0.15) is 0 Å². The molecule has 0 radical (unpaired) electrons. The highest BCUT2D eigenvalue weighted by molar-refractivity contribution is 5.97. The van der Waals surface area contributed by atoms with Gasteiger partial charge >= 0.3 is 0 Å². The number of pyridine rings is 1. The number of hydrogen-bond acceptors (Lipinski definition) is 4. The Kier molecular flexibility index (Phi) is 5.26. The van der Waals surface area contributed by atoms with Gasteiger partial charge in [0, 0.05) is 17.3 Å². The summed E-state index contributed by atoms with van der Waals surface area (Å²) in [5.41, 5.74) is 6.92. The van der Waals surface area contributed by atoms with Crippen LogP contribution in [0.3, 0.4) is 0 Å². The highest BCUT2D eigenvalue weighted by atomic mass is 16.5. The number of nitrogens with two attached hydrogens (primary N) is 1. The van der Waals surface area contributed by atoms with Crippen molar-refractivity contribution in [1.82, 2.24) is 4.98 Å². The van der Waals surface area contributed by atoms with Gasteiger partial charge in [-0.05, 0) is 19.4 Å². The third-order valence-electron chi connectivity index (χ3n) is 2.33. The lowest BCUT2D eigenvalue weighted by molar-refractivity contribution is 0.294. The van der Waals surface area contributed by atoms with Crippen LogP contribution in [0.4, 0.5) is 0 Å². The second-order valence-electron chi connectivity index (χ2n) is 3.88. The molecule has 0 atom stereocenters. The minimum absolute atomic E-state index is 0.0638. The van der Waals surface area contributed by atoms with Gasteiger partial charge in [0.1, 0.15) is 0 Å². The fraction of sp³-hybridized carbons (Fsp3) is 0.500. The Morgan fingerprint density at radius 2 is 2.24 bits per heavy atom. The van der Waals surface area contributed by atoms with Crippen LogP contribution >= 0.6 is 0 Å². The van der Waals surface area contributed by atoms with Crippen LogP contribution in [-0.4, -0.2) is 22.6 Å². The van der Waals surface area contributed by atoms with Crippen molar-refractivity contribution in [3.8, 4) is 5.88 Å². The van der Waals surface area contributed by atoms with Gasteiger partial charge in [-0.15, -0.1) is 0 Å². The molecule has 0 saturated heterocycles. The van der Waals surface area contributed by atoms with E-state index in [1.54, 1.807) is 12.1 Å². The van der Waals surface area contributed by atoms with E-state index in [0.717, 1.165) is 25.0 Å². The smallest absolute Gasteiger partial charge is 0.214 e. The Balaban J connectivity index is 2.69. The van der Waals surface area contributed by atoms with E-state index < -0.39 is 0 Å². The second kappa shape index (κ2) is 6.73. The highest BCUT2D eigenvalue weighted by Gasteiger charge is 2.05. The minimum Gasteiger partial charge on any atom is -0.478 e.